The molecule has 2 aromatic carbocycles. The normalized spacial score (nSPS) is 15.7. The van der Waals surface area contributed by atoms with E-state index in [0.717, 1.165) is 31.9 Å². The number of benzene rings is 2. The number of nitrogens with zero attached hydrogens (tertiary/aromatic N) is 2. The van der Waals surface area contributed by atoms with Crippen LogP contribution in [-0.4, -0.2) is 56.8 Å². The Morgan fingerprint density at radius 3 is 2.49 bits per heavy atom. The predicted octanol–water partition coefficient (Wildman–Crippen LogP) is 4.74. The van der Waals surface area contributed by atoms with Crippen LogP contribution in [-0.2, 0) is 26.2 Å². The Bertz CT molecular complexity index is 1320. The lowest BCUT2D eigenvalue weighted by Gasteiger charge is -2.30. The Labute approximate surface area is 239 Å². The van der Waals surface area contributed by atoms with E-state index in [2.05, 4.69) is 5.32 Å². The molecule has 0 aromatic heterocycles. The number of anilines is 1. The second-order valence-corrected chi connectivity index (χ2v) is 12.7. The predicted molar refractivity (Wildman–Crippen MR) is 151 cm³/mol. The van der Waals surface area contributed by atoms with Crippen molar-refractivity contribution in [2.75, 3.05) is 23.9 Å². The molecule has 1 saturated carbocycles. The number of nitrogens with one attached hydrogen (secondary N) is 1. The van der Waals surface area contributed by atoms with Crippen molar-refractivity contribution < 1.29 is 27.5 Å². The Hall–Kier alpha value is -2.69. The molecule has 9 nitrogen and oxygen atoms in total. The van der Waals surface area contributed by atoms with Crippen LogP contribution in [0.1, 0.15) is 51.0 Å². The van der Waals surface area contributed by atoms with Crippen molar-refractivity contribution in [2.24, 2.45) is 0 Å². The van der Waals surface area contributed by atoms with E-state index in [1.807, 2.05) is 0 Å². The number of rotatable bonds is 11. The molecule has 12 heteroatoms. The zero-order chi connectivity index (χ0) is 28.2. The van der Waals surface area contributed by atoms with Crippen molar-refractivity contribution in [3.8, 4) is 11.5 Å². The number of fused-ring (bicyclic) bond motifs is 1. The molecule has 1 fully saturated rings. The maximum absolute atomic E-state index is 13.5. The van der Waals surface area contributed by atoms with Crippen LogP contribution in [0.15, 0.2) is 36.4 Å². The van der Waals surface area contributed by atoms with Gasteiger partial charge in [-0.15, -0.1) is 0 Å². The van der Waals surface area contributed by atoms with Crippen molar-refractivity contribution in [1.29, 1.82) is 0 Å². The van der Waals surface area contributed by atoms with Gasteiger partial charge in [-0.3, -0.25) is 13.9 Å². The second kappa shape index (κ2) is 12.7. The van der Waals surface area contributed by atoms with Crippen LogP contribution in [0, 0.1) is 0 Å². The van der Waals surface area contributed by atoms with E-state index in [-0.39, 0.29) is 50.6 Å². The van der Waals surface area contributed by atoms with E-state index in [0.29, 0.717) is 32.8 Å². The van der Waals surface area contributed by atoms with Gasteiger partial charge in [-0.1, -0.05) is 42.1 Å². The van der Waals surface area contributed by atoms with E-state index in [1.54, 1.807) is 43.3 Å². The number of hydrogen-bond acceptors (Lipinski definition) is 6. The Balaban J connectivity index is 1.47. The van der Waals surface area contributed by atoms with E-state index >= 15 is 0 Å². The summed E-state index contributed by atoms with van der Waals surface area (Å²) in [6.45, 7) is 1.96. The molecular weight excluding hydrogens is 565 g/mol. The summed E-state index contributed by atoms with van der Waals surface area (Å²) in [5.41, 5.74) is 1.08. The van der Waals surface area contributed by atoms with Gasteiger partial charge in [0.25, 0.3) is 0 Å². The zero-order valence-corrected chi connectivity index (χ0v) is 24.3. The lowest BCUT2D eigenvalue weighted by atomic mass is 10.1. The fourth-order valence-electron chi connectivity index (χ4n) is 4.85. The average Bonchev–Trinajstić information content (AvgIpc) is 3.56. The molecule has 4 rings (SSSR count). The Kier molecular flexibility index (Phi) is 9.51. The first-order valence-corrected chi connectivity index (χ1v) is 15.5. The van der Waals surface area contributed by atoms with Gasteiger partial charge in [0.05, 0.1) is 11.9 Å². The van der Waals surface area contributed by atoms with Crippen molar-refractivity contribution in [1.82, 2.24) is 10.2 Å². The summed E-state index contributed by atoms with van der Waals surface area (Å²) >= 11 is 12.4. The zero-order valence-electron chi connectivity index (χ0n) is 22.0. The number of carbonyl (C=O) groups excluding carboxylic acids is 2. The summed E-state index contributed by atoms with van der Waals surface area (Å²) in [6, 6.07) is 9.28. The molecule has 0 radical (unpaired) electrons. The van der Waals surface area contributed by atoms with Gasteiger partial charge >= 0.3 is 0 Å². The SMILES string of the molecule is C[C@@H](C(=O)NC1CCCC1)N(Cc1ccc(Cl)cc1Cl)C(=O)CCCN(c1ccc2c(c1)OCO2)S(C)(=O)=O. The van der Waals surface area contributed by atoms with Crippen LogP contribution in [0.3, 0.4) is 0 Å². The third kappa shape index (κ3) is 7.49. The molecule has 2 amide bonds. The van der Waals surface area contributed by atoms with Gasteiger partial charge in [0.2, 0.25) is 28.6 Å². The summed E-state index contributed by atoms with van der Waals surface area (Å²) in [5.74, 6) is 0.502. The summed E-state index contributed by atoms with van der Waals surface area (Å²) in [5, 5.41) is 3.93. The minimum atomic E-state index is -3.64. The first kappa shape index (κ1) is 29.3. The molecule has 1 N–H and O–H groups in total. The van der Waals surface area contributed by atoms with Crippen molar-refractivity contribution >= 4 is 50.7 Å². The van der Waals surface area contributed by atoms with Crippen molar-refractivity contribution in [3.05, 3.63) is 52.0 Å². The van der Waals surface area contributed by atoms with Gasteiger partial charge in [0.15, 0.2) is 11.5 Å². The van der Waals surface area contributed by atoms with Gasteiger partial charge in [0.1, 0.15) is 6.04 Å². The third-order valence-corrected chi connectivity index (χ3v) is 8.80. The van der Waals surface area contributed by atoms with Gasteiger partial charge in [-0.05, 0) is 56.0 Å². The lowest BCUT2D eigenvalue weighted by Crippen LogP contribution is -2.49. The third-order valence-electron chi connectivity index (χ3n) is 7.02. The molecule has 2 aliphatic rings. The first-order chi connectivity index (χ1) is 18.5. The summed E-state index contributed by atoms with van der Waals surface area (Å²) < 4.78 is 37.1. The molecule has 39 heavy (non-hydrogen) atoms. The molecule has 0 unspecified atom stereocenters. The molecule has 1 atom stereocenters. The van der Waals surface area contributed by atoms with Crippen LogP contribution < -0.4 is 19.1 Å². The monoisotopic (exact) mass is 597 g/mol. The van der Waals surface area contributed by atoms with Crippen LogP contribution in [0.4, 0.5) is 5.69 Å². The Morgan fingerprint density at radius 2 is 1.79 bits per heavy atom. The topological polar surface area (TPSA) is 105 Å². The fourth-order valence-corrected chi connectivity index (χ4v) is 6.28. The van der Waals surface area contributed by atoms with Crippen molar-refractivity contribution in [3.63, 3.8) is 0 Å². The second-order valence-electron chi connectivity index (χ2n) is 9.90. The van der Waals surface area contributed by atoms with Crippen LogP contribution >= 0.6 is 23.2 Å². The first-order valence-electron chi connectivity index (χ1n) is 12.9. The molecule has 2 aromatic rings. The molecule has 1 aliphatic heterocycles. The van der Waals surface area contributed by atoms with E-state index < -0.39 is 16.1 Å². The number of halogens is 2. The standard InChI is InChI=1S/C27H33Cl2N3O6S/c1-18(27(34)30-21-6-3-4-7-21)31(16-19-9-10-20(28)14-23(19)29)26(33)8-5-13-32(39(2,35)36)22-11-12-24-25(15-22)38-17-37-24/h9-12,14-15,18,21H,3-8,13,16-17H2,1-2H3,(H,30,34)/t18-/m0/s1. The van der Waals surface area contributed by atoms with Gasteiger partial charge < -0.3 is 19.7 Å². The van der Waals surface area contributed by atoms with E-state index in [9.17, 15) is 18.0 Å². The number of hydrogen-bond donors (Lipinski definition) is 1. The van der Waals surface area contributed by atoms with Crippen LogP contribution in [0.5, 0.6) is 11.5 Å². The number of ether oxygens (including phenoxy) is 2. The van der Waals surface area contributed by atoms with Gasteiger partial charge in [-0.2, -0.15) is 0 Å². The number of sulfonamides is 1. The van der Waals surface area contributed by atoms with Crippen LogP contribution in [0.2, 0.25) is 10.0 Å². The summed E-state index contributed by atoms with van der Waals surface area (Å²) in [4.78, 5) is 28.1. The molecule has 0 saturated heterocycles. The van der Waals surface area contributed by atoms with Gasteiger partial charge in [-0.25, -0.2) is 8.42 Å². The summed E-state index contributed by atoms with van der Waals surface area (Å²) in [7, 11) is -3.64. The Morgan fingerprint density at radius 1 is 1.08 bits per heavy atom. The highest BCUT2D eigenvalue weighted by molar-refractivity contribution is 7.92. The minimum Gasteiger partial charge on any atom is -0.454 e. The van der Waals surface area contributed by atoms with Gasteiger partial charge in [0, 0.05) is 41.7 Å². The molecule has 1 heterocycles. The number of amides is 2. The minimum absolute atomic E-state index is 0.0306. The van der Waals surface area contributed by atoms with Crippen molar-refractivity contribution in [2.45, 2.75) is 64.1 Å². The highest BCUT2D eigenvalue weighted by Crippen LogP contribution is 2.36. The van der Waals surface area contributed by atoms with E-state index in [4.69, 9.17) is 32.7 Å². The molecule has 212 valence electrons. The molecular formula is C27H33Cl2N3O6S. The fraction of sp³-hybridized carbons (Fsp3) is 0.481. The van der Waals surface area contributed by atoms with E-state index in [1.165, 1.54) is 9.21 Å². The maximum atomic E-state index is 13.5. The highest BCUT2D eigenvalue weighted by Gasteiger charge is 2.29. The van der Waals surface area contributed by atoms with Crippen LogP contribution in [0.25, 0.3) is 0 Å². The largest absolute Gasteiger partial charge is 0.454 e. The molecule has 1 aliphatic carbocycles. The maximum Gasteiger partial charge on any atom is 0.242 e. The quantitative estimate of drug-likeness (QED) is 0.401. The molecule has 0 spiro atoms. The summed E-state index contributed by atoms with van der Waals surface area (Å²) in [6.07, 6.45) is 5.38. The molecule has 0 bridgehead atoms. The smallest absolute Gasteiger partial charge is 0.242 e. The lowest BCUT2D eigenvalue weighted by molar-refractivity contribution is -0.140. The average molecular weight is 599 g/mol. The highest BCUT2D eigenvalue weighted by atomic mass is 35.5. The number of carbonyl (C=O) groups is 2.